The van der Waals surface area contributed by atoms with Crippen LogP contribution >= 0.6 is 23.4 Å². The van der Waals surface area contributed by atoms with E-state index < -0.39 is 0 Å². The molecule has 0 aliphatic rings. The molecule has 0 bridgehead atoms. The molecule has 0 radical (unpaired) electrons. The van der Waals surface area contributed by atoms with E-state index in [1.807, 2.05) is 72.8 Å². The number of halogens is 1. The predicted molar refractivity (Wildman–Crippen MR) is 130 cm³/mol. The summed E-state index contributed by atoms with van der Waals surface area (Å²) in [5.41, 5.74) is 2.88. The van der Waals surface area contributed by atoms with Gasteiger partial charge in [0.1, 0.15) is 6.61 Å². The summed E-state index contributed by atoms with van der Waals surface area (Å²) in [4.78, 5) is 0. The van der Waals surface area contributed by atoms with Gasteiger partial charge < -0.3 is 14.8 Å². The zero-order chi connectivity index (χ0) is 22.9. The second kappa shape index (κ2) is 11.7. The number of benzene rings is 3. The fourth-order valence-electron chi connectivity index (χ4n) is 3.23. The van der Waals surface area contributed by atoms with Crippen LogP contribution in [0.25, 0.3) is 5.69 Å². The van der Waals surface area contributed by atoms with Crippen LogP contribution in [0.2, 0.25) is 5.02 Å². The van der Waals surface area contributed by atoms with Crippen molar-refractivity contribution in [2.45, 2.75) is 18.3 Å². The summed E-state index contributed by atoms with van der Waals surface area (Å²) < 4.78 is 13.4. The van der Waals surface area contributed by atoms with Crippen LogP contribution in [0, 0.1) is 0 Å². The third-order valence-electron chi connectivity index (χ3n) is 4.88. The molecule has 4 rings (SSSR count). The number of tetrazole rings is 1. The SMILES string of the molecule is COc1cccc(CNCCSc2nnnn2-c2ccccc2)c1OCc1ccccc1Cl. The van der Waals surface area contributed by atoms with Gasteiger partial charge in [-0.25, -0.2) is 0 Å². The molecule has 0 aliphatic carbocycles. The van der Waals surface area contributed by atoms with Crippen LogP contribution in [-0.4, -0.2) is 39.6 Å². The second-order valence-electron chi connectivity index (χ2n) is 7.06. The molecule has 0 atom stereocenters. The molecule has 7 nitrogen and oxygen atoms in total. The average molecular weight is 482 g/mol. The first-order valence-electron chi connectivity index (χ1n) is 10.5. The van der Waals surface area contributed by atoms with Gasteiger partial charge in [-0.3, -0.25) is 0 Å². The molecule has 1 aromatic heterocycles. The van der Waals surface area contributed by atoms with Gasteiger partial charge in [0.25, 0.3) is 0 Å². The van der Waals surface area contributed by atoms with Crippen LogP contribution < -0.4 is 14.8 Å². The van der Waals surface area contributed by atoms with E-state index in [0.717, 1.165) is 34.3 Å². The van der Waals surface area contributed by atoms with E-state index in [4.69, 9.17) is 21.1 Å². The highest BCUT2D eigenvalue weighted by molar-refractivity contribution is 7.99. The van der Waals surface area contributed by atoms with Crippen molar-refractivity contribution in [1.29, 1.82) is 0 Å². The standard InChI is InChI=1S/C24H24ClN5O2S/c1-31-22-13-7-9-18(23(22)32-17-19-8-5-6-12-21(19)25)16-26-14-15-33-24-27-28-29-30(24)20-10-3-2-4-11-20/h2-13,26H,14-17H2,1H3. The number of methoxy groups -OCH3 is 1. The molecule has 0 aliphatic heterocycles. The maximum Gasteiger partial charge on any atom is 0.214 e. The second-order valence-corrected chi connectivity index (χ2v) is 8.53. The number of ether oxygens (including phenoxy) is 2. The van der Waals surface area contributed by atoms with Crippen LogP contribution in [0.15, 0.2) is 78.0 Å². The zero-order valence-corrected chi connectivity index (χ0v) is 19.7. The van der Waals surface area contributed by atoms with E-state index in [1.54, 1.807) is 23.6 Å². The number of hydrogen-bond donors (Lipinski definition) is 1. The lowest BCUT2D eigenvalue weighted by atomic mass is 10.1. The maximum absolute atomic E-state index is 6.27. The lowest BCUT2D eigenvalue weighted by Crippen LogP contribution is -2.17. The van der Waals surface area contributed by atoms with Crippen molar-refractivity contribution >= 4 is 23.4 Å². The monoisotopic (exact) mass is 481 g/mol. The van der Waals surface area contributed by atoms with Gasteiger partial charge >= 0.3 is 0 Å². The van der Waals surface area contributed by atoms with Gasteiger partial charge in [0.15, 0.2) is 11.5 Å². The number of rotatable bonds is 11. The minimum Gasteiger partial charge on any atom is -0.493 e. The highest BCUT2D eigenvalue weighted by atomic mass is 35.5. The van der Waals surface area contributed by atoms with Crippen molar-refractivity contribution in [1.82, 2.24) is 25.5 Å². The van der Waals surface area contributed by atoms with Gasteiger partial charge in [-0.05, 0) is 34.7 Å². The number of thioether (sulfide) groups is 1. The molecule has 33 heavy (non-hydrogen) atoms. The lowest BCUT2D eigenvalue weighted by Gasteiger charge is -2.16. The highest BCUT2D eigenvalue weighted by Gasteiger charge is 2.12. The number of nitrogens with zero attached hydrogens (tertiary/aromatic N) is 4. The Morgan fingerprint density at radius 1 is 0.970 bits per heavy atom. The molecular formula is C24H24ClN5O2S. The highest BCUT2D eigenvalue weighted by Crippen LogP contribution is 2.32. The largest absolute Gasteiger partial charge is 0.493 e. The van der Waals surface area contributed by atoms with Crippen LogP contribution in [-0.2, 0) is 13.2 Å². The topological polar surface area (TPSA) is 74.1 Å². The molecule has 4 aromatic rings. The summed E-state index contributed by atoms with van der Waals surface area (Å²) >= 11 is 7.87. The minimum absolute atomic E-state index is 0.366. The van der Waals surface area contributed by atoms with E-state index in [0.29, 0.717) is 29.7 Å². The molecule has 9 heteroatoms. The van der Waals surface area contributed by atoms with Gasteiger partial charge in [0.2, 0.25) is 5.16 Å². The molecule has 3 aromatic carbocycles. The van der Waals surface area contributed by atoms with Crippen LogP contribution in [0.4, 0.5) is 0 Å². The Balaban J connectivity index is 1.33. The molecule has 0 fully saturated rings. The van der Waals surface area contributed by atoms with E-state index in [9.17, 15) is 0 Å². The number of nitrogens with one attached hydrogen (secondary N) is 1. The predicted octanol–water partition coefficient (Wildman–Crippen LogP) is 4.79. The van der Waals surface area contributed by atoms with Gasteiger partial charge in [0.05, 0.1) is 12.8 Å². The smallest absolute Gasteiger partial charge is 0.214 e. The van der Waals surface area contributed by atoms with E-state index in [2.05, 4.69) is 20.8 Å². The number of para-hydroxylation sites is 2. The summed E-state index contributed by atoms with van der Waals surface area (Å²) in [7, 11) is 1.64. The Morgan fingerprint density at radius 3 is 2.58 bits per heavy atom. The molecule has 1 N–H and O–H groups in total. The third-order valence-corrected chi connectivity index (χ3v) is 6.17. The summed E-state index contributed by atoms with van der Waals surface area (Å²) in [6, 6.07) is 23.4. The Bertz CT molecular complexity index is 1170. The molecule has 0 saturated heterocycles. The molecule has 170 valence electrons. The minimum atomic E-state index is 0.366. The van der Waals surface area contributed by atoms with E-state index in [-0.39, 0.29) is 0 Å². The Labute approximate surface area is 202 Å². The lowest BCUT2D eigenvalue weighted by molar-refractivity contribution is 0.281. The zero-order valence-electron chi connectivity index (χ0n) is 18.1. The summed E-state index contributed by atoms with van der Waals surface area (Å²) in [6.07, 6.45) is 0. The third kappa shape index (κ3) is 6.04. The van der Waals surface area contributed by atoms with Crippen molar-refractivity contribution in [3.05, 3.63) is 88.9 Å². The van der Waals surface area contributed by atoms with E-state index >= 15 is 0 Å². The first-order valence-corrected chi connectivity index (χ1v) is 11.8. The summed E-state index contributed by atoms with van der Waals surface area (Å²) in [5.74, 6) is 2.22. The van der Waals surface area contributed by atoms with Gasteiger partial charge in [-0.1, -0.05) is 71.9 Å². The maximum atomic E-state index is 6.27. The van der Waals surface area contributed by atoms with Crippen molar-refractivity contribution in [2.75, 3.05) is 19.4 Å². The van der Waals surface area contributed by atoms with Gasteiger partial charge in [0, 0.05) is 35.0 Å². The van der Waals surface area contributed by atoms with Gasteiger partial charge in [-0.2, -0.15) is 4.68 Å². The Morgan fingerprint density at radius 2 is 1.76 bits per heavy atom. The van der Waals surface area contributed by atoms with Crippen LogP contribution in [0.5, 0.6) is 11.5 Å². The van der Waals surface area contributed by atoms with Crippen molar-refractivity contribution in [3.63, 3.8) is 0 Å². The molecule has 0 spiro atoms. The van der Waals surface area contributed by atoms with Gasteiger partial charge in [-0.15, -0.1) is 5.10 Å². The molecule has 0 amide bonds. The van der Waals surface area contributed by atoms with E-state index in [1.165, 1.54) is 0 Å². The summed E-state index contributed by atoms with van der Waals surface area (Å²) in [6.45, 7) is 1.78. The first-order chi connectivity index (χ1) is 16.3. The molecular weight excluding hydrogens is 458 g/mol. The summed E-state index contributed by atoms with van der Waals surface area (Å²) in [5, 5.41) is 16.9. The Kier molecular flexibility index (Phi) is 8.19. The Hall–Kier alpha value is -3.07. The number of hydrogen-bond acceptors (Lipinski definition) is 7. The fraction of sp³-hybridized carbons (Fsp3) is 0.208. The molecule has 1 heterocycles. The van der Waals surface area contributed by atoms with Crippen molar-refractivity contribution in [3.8, 4) is 17.2 Å². The van der Waals surface area contributed by atoms with Crippen molar-refractivity contribution in [2.24, 2.45) is 0 Å². The van der Waals surface area contributed by atoms with Crippen LogP contribution in [0.3, 0.4) is 0 Å². The number of aromatic nitrogens is 4. The fourth-order valence-corrected chi connectivity index (χ4v) is 4.21. The normalized spacial score (nSPS) is 10.8. The quantitative estimate of drug-likeness (QED) is 0.244. The molecule has 0 saturated carbocycles. The van der Waals surface area contributed by atoms with Crippen LogP contribution in [0.1, 0.15) is 11.1 Å². The molecule has 0 unspecified atom stereocenters. The average Bonchev–Trinajstić information content (AvgIpc) is 3.32. The van der Waals surface area contributed by atoms with Crippen molar-refractivity contribution < 1.29 is 9.47 Å². The first kappa shape index (κ1) is 23.1.